The summed E-state index contributed by atoms with van der Waals surface area (Å²) in [7, 11) is 1.45. The zero-order chi connectivity index (χ0) is 24.1. The summed E-state index contributed by atoms with van der Waals surface area (Å²) < 4.78 is 33.6. The molecule has 3 aromatic rings. The number of ether oxygens (including phenoxy) is 1. The normalized spacial score (nSPS) is 11.6. The summed E-state index contributed by atoms with van der Waals surface area (Å²) in [6.45, 7) is 1.78. The van der Waals surface area contributed by atoms with Gasteiger partial charge in [0.1, 0.15) is 17.4 Å². The second-order valence-electron chi connectivity index (χ2n) is 7.01. The first-order chi connectivity index (χ1) is 15.7. The summed E-state index contributed by atoms with van der Waals surface area (Å²) in [6.07, 6.45) is 1.11. The van der Waals surface area contributed by atoms with Crippen molar-refractivity contribution in [1.29, 1.82) is 0 Å². The molecule has 0 unspecified atom stereocenters. The van der Waals surface area contributed by atoms with E-state index in [9.17, 15) is 28.3 Å². The van der Waals surface area contributed by atoms with Crippen molar-refractivity contribution in [2.75, 3.05) is 11.9 Å². The molecule has 0 aliphatic heterocycles. The van der Waals surface area contributed by atoms with E-state index in [1.807, 2.05) is 0 Å². The number of esters is 1. The van der Waals surface area contributed by atoms with E-state index in [0.29, 0.717) is 10.4 Å². The largest absolute Gasteiger partial charge is 0.505 e. The van der Waals surface area contributed by atoms with Crippen molar-refractivity contribution < 1.29 is 28.2 Å². The summed E-state index contributed by atoms with van der Waals surface area (Å²) in [5.74, 6) is -2.45. The van der Waals surface area contributed by atoms with Gasteiger partial charge in [-0.05, 0) is 42.1 Å². The summed E-state index contributed by atoms with van der Waals surface area (Å²) in [4.78, 5) is 37.4. The van der Waals surface area contributed by atoms with Crippen molar-refractivity contribution >= 4 is 29.0 Å². The predicted molar refractivity (Wildman–Crippen MR) is 119 cm³/mol. The Labute approximate surface area is 191 Å². The zero-order valence-corrected chi connectivity index (χ0v) is 18.5. The molecule has 3 rings (SSSR count). The maximum absolute atomic E-state index is 14.2. The average molecular weight is 477 g/mol. The van der Waals surface area contributed by atoms with Crippen LogP contribution in [0.25, 0.3) is 11.1 Å². The number of carbonyl (C=O) groups excluding carboxylic acids is 2. The molecule has 0 fully saturated rings. The number of benzene rings is 1. The van der Waals surface area contributed by atoms with E-state index in [2.05, 4.69) is 10.6 Å². The number of aromatic hydroxyl groups is 1. The number of pyridine rings is 1. The number of urea groups is 1. The van der Waals surface area contributed by atoms with E-state index in [0.717, 1.165) is 23.5 Å². The minimum absolute atomic E-state index is 0.141. The van der Waals surface area contributed by atoms with Crippen LogP contribution in [0.2, 0.25) is 0 Å². The van der Waals surface area contributed by atoms with Crippen molar-refractivity contribution in [3.8, 4) is 16.9 Å². The molecular formula is C22H21F2N3O5S. The van der Waals surface area contributed by atoms with Gasteiger partial charge in [-0.3, -0.25) is 9.59 Å². The van der Waals surface area contributed by atoms with E-state index >= 15 is 0 Å². The number of amides is 2. The summed E-state index contributed by atoms with van der Waals surface area (Å²) in [5, 5.41) is 16.4. The van der Waals surface area contributed by atoms with Gasteiger partial charge < -0.3 is 25.0 Å². The van der Waals surface area contributed by atoms with Gasteiger partial charge in [0.25, 0.3) is 5.56 Å². The second-order valence-corrected chi connectivity index (χ2v) is 7.96. The molecule has 0 aliphatic carbocycles. The first-order valence-corrected chi connectivity index (χ1v) is 10.7. The van der Waals surface area contributed by atoms with E-state index in [1.165, 1.54) is 29.9 Å². The van der Waals surface area contributed by atoms with E-state index < -0.39 is 41.0 Å². The molecule has 2 amide bonds. The number of nitrogens with one attached hydrogen (secondary N) is 2. The number of hydrogen-bond acceptors (Lipinski definition) is 6. The first-order valence-electron chi connectivity index (χ1n) is 9.85. The fourth-order valence-corrected chi connectivity index (χ4v) is 4.01. The van der Waals surface area contributed by atoms with Crippen molar-refractivity contribution in [3.05, 3.63) is 68.8 Å². The number of rotatable bonds is 7. The predicted octanol–water partition coefficient (Wildman–Crippen LogP) is 3.91. The van der Waals surface area contributed by atoms with Gasteiger partial charge in [-0.2, -0.15) is 0 Å². The molecule has 0 saturated carbocycles. The van der Waals surface area contributed by atoms with Crippen LogP contribution in [0.3, 0.4) is 0 Å². The highest BCUT2D eigenvalue weighted by molar-refractivity contribution is 7.10. The lowest BCUT2D eigenvalue weighted by Gasteiger charge is -2.17. The second kappa shape index (κ2) is 10.3. The molecule has 1 aromatic carbocycles. The quantitative estimate of drug-likeness (QED) is 0.447. The topological polar surface area (TPSA) is 110 Å². The maximum atomic E-state index is 14.2. The van der Waals surface area contributed by atoms with Crippen LogP contribution in [0.4, 0.5) is 19.3 Å². The zero-order valence-electron chi connectivity index (χ0n) is 17.7. The molecule has 1 atom stereocenters. The van der Waals surface area contributed by atoms with E-state index in [1.54, 1.807) is 18.4 Å². The van der Waals surface area contributed by atoms with Crippen LogP contribution in [0, 0.1) is 11.6 Å². The van der Waals surface area contributed by atoms with Gasteiger partial charge >= 0.3 is 12.0 Å². The van der Waals surface area contributed by atoms with Crippen molar-refractivity contribution in [2.24, 2.45) is 7.05 Å². The van der Waals surface area contributed by atoms with Gasteiger partial charge in [0, 0.05) is 29.8 Å². The Morgan fingerprint density at radius 2 is 2.00 bits per heavy atom. The Balaban J connectivity index is 1.86. The molecule has 11 heteroatoms. The highest BCUT2D eigenvalue weighted by Crippen LogP contribution is 2.32. The number of hydrogen-bond donors (Lipinski definition) is 3. The molecule has 3 N–H and O–H groups in total. The monoisotopic (exact) mass is 477 g/mol. The number of anilines is 1. The third kappa shape index (κ3) is 5.75. The van der Waals surface area contributed by atoms with Crippen LogP contribution in [-0.2, 0) is 16.6 Å². The van der Waals surface area contributed by atoms with E-state index in [4.69, 9.17) is 4.74 Å². The number of carbonyl (C=O) groups is 2. The van der Waals surface area contributed by atoms with Crippen molar-refractivity contribution in [3.63, 3.8) is 0 Å². The van der Waals surface area contributed by atoms with Gasteiger partial charge in [-0.15, -0.1) is 11.3 Å². The molecule has 0 spiro atoms. The molecule has 2 heterocycles. The number of aryl methyl sites for hydroxylation is 1. The SMILES string of the molecule is CCOC(=O)C[C@H](NC(=O)Nc1c(O)ccn(C)c1=O)c1cc(-c2ccc(F)cc2F)cs1. The van der Waals surface area contributed by atoms with Crippen molar-refractivity contribution in [1.82, 2.24) is 9.88 Å². The number of aromatic nitrogens is 1. The van der Waals surface area contributed by atoms with Crippen LogP contribution in [0.15, 0.2) is 46.7 Å². The Hall–Kier alpha value is -3.73. The minimum atomic E-state index is -0.874. The third-order valence-corrected chi connectivity index (χ3v) is 5.72. The molecule has 8 nitrogen and oxygen atoms in total. The first kappa shape index (κ1) is 23.9. The summed E-state index contributed by atoms with van der Waals surface area (Å²) in [5.41, 5.74) is -0.348. The fourth-order valence-electron chi connectivity index (χ4n) is 3.05. The third-order valence-electron chi connectivity index (χ3n) is 4.67. The maximum Gasteiger partial charge on any atom is 0.320 e. The Kier molecular flexibility index (Phi) is 7.44. The standard InChI is InChI=1S/C22H21F2N3O5S/c1-3-32-19(29)10-16(25-22(31)26-20-17(28)6-7-27(2)21(20)30)18-8-12(11-33-18)14-5-4-13(23)9-15(14)24/h4-9,11,16,28H,3,10H2,1-2H3,(H2,25,26,31)/t16-/m0/s1. The Morgan fingerprint density at radius 1 is 1.24 bits per heavy atom. The van der Waals surface area contributed by atoms with Crippen LogP contribution in [0.5, 0.6) is 5.75 Å². The molecule has 0 saturated heterocycles. The Bertz CT molecular complexity index is 1240. The molecule has 0 radical (unpaired) electrons. The lowest BCUT2D eigenvalue weighted by Crippen LogP contribution is -2.35. The summed E-state index contributed by atoms with van der Waals surface area (Å²) in [6, 6.07) is 4.29. The fraction of sp³-hybridized carbons (Fsp3) is 0.227. The molecule has 0 aliphatic rings. The molecular weight excluding hydrogens is 456 g/mol. The molecule has 33 heavy (non-hydrogen) atoms. The molecule has 2 aromatic heterocycles. The molecule has 0 bridgehead atoms. The lowest BCUT2D eigenvalue weighted by molar-refractivity contribution is -0.143. The smallest absolute Gasteiger partial charge is 0.320 e. The van der Waals surface area contributed by atoms with Crippen molar-refractivity contribution in [2.45, 2.75) is 19.4 Å². The Morgan fingerprint density at radius 3 is 2.70 bits per heavy atom. The lowest BCUT2D eigenvalue weighted by atomic mass is 10.1. The molecule has 174 valence electrons. The number of nitrogens with zero attached hydrogens (tertiary/aromatic N) is 1. The van der Waals surface area contributed by atoms with E-state index in [-0.39, 0.29) is 24.3 Å². The summed E-state index contributed by atoms with van der Waals surface area (Å²) >= 11 is 1.16. The van der Waals surface area contributed by atoms with Gasteiger partial charge in [-0.1, -0.05) is 0 Å². The minimum Gasteiger partial charge on any atom is -0.505 e. The van der Waals surface area contributed by atoms with Gasteiger partial charge in [0.15, 0.2) is 5.69 Å². The van der Waals surface area contributed by atoms with Crippen LogP contribution < -0.4 is 16.2 Å². The van der Waals surface area contributed by atoms with Gasteiger partial charge in [-0.25, -0.2) is 13.6 Å². The van der Waals surface area contributed by atoms with Gasteiger partial charge in [0.2, 0.25) is 0 Å². The number of thiophene rings is 1. The highest BCUT2D eigenvalue weighted by Gasteiger charge is 2.23. The van der Waals surface area contributed by atoms with Crippen LogP contribution in [0.1, 0.15) is 24.3 Å². The highest BCUT2D eigenvalue weighted by atomic mass is 32.1. The van der Waals surface area contributed by atoms with Crippen LogP contribution >= 0.6 is 11.3 Å². The number of halogens is 2. The van der Waals surface area contributed by atoms with Crippen LogP contribution in [-0.4, -0.2) is 28.3 Å². The van der Waals surface area contributed by atoms with Gasteiger partial charge in [0.05, 0.1) is 19.1 Å². The average Bonchev–Trinajstić information content (AvgIpc) is 3.23.